The van der Waals surface area contributed by atoms with Crippen LogP contribution in [0.3, 0.4) is 0 Å². The van der Waals surface area contributed by atoms with Crippen molar-refractivity contribution in [3.05, 3.63) is 24.2 Å². The first kappa shape index (κ1) is 15.9. The third kappa shape index (κ3) is 3.90. The Morgan fingerprint density at radius 1 is 1.50 bits per heavy atom. The standard InChI is InChI=1S/C11H13N5O3.ClH/c1-18-9-3-2-7(5-14-9)11-15-10(19-16-11)6-13-8(17)4-12;/h2-3,5H,4,6,12H2,1H3,(H,13,17);1H. The summed E-state index contributed by atoms with van der Waals surface area (Å²) in [6, 6.07) is 3.46. The van der Waals surface area contributed by atoms with E-state index in [4.69, 9.17) is 15.0 Å². The van der Waals surface area contributed by atoms with Crippen molar-refractivity contribution in [1.82, 2.24) is 20.4 Å². The number of pyridine rings is 1. The molecule has 0 radical (unpaired) electrons. The lowest BCUT2D eigenvalue weighted by molar-refractivity contribution is -0.120. The Balaban J connectivity index is 0.00000200. The van der Waals surface area contributed by atoms with E-state index in [-0.39, 0.29) is 31.4 Å². The maximum absolute atomic E-state index is 11.0. The molecule has 3 N–H and O–H groups in total. The van der Waals surface area contributed by atoms with Crippen molar-refractivity contribution in [2.24, 2.45) is 5.73 Å². The largest absolute Gasteiger partial charge is 0.481 e. The molecule has 108 valence electrons. The van der Waals surface area contributed by atoms with Crippen LogP contribution < -0.4 is 15.8 Å². The first-order valence-corrected chi connectivity index (χ1v) is 5.52. The summed E-state index contributed by atoms with van der Waals surface area (Å²) in [6.45, 7) is 0.0655. The molecule has 0 unspecified atom stereocenters. The number of methoxy groups -OCH3 is 1. The smallest absolute Gasteiger partial charge is 0.246 e. The van der Waals surface area contributed by atoms with Crippen LogP contribution >= 0.6 is 12.4 Å². The third-order valence-corrected chi connectivity index (χ3v) is 2.29. The van der Waals surface area contributed by atoms with Gasteiger partial charge in [-0.2, -0.15) is 4.98 Å². The summed E-state index contributed by atoms with van der Waals surface area (Å²) in [5, 5.41) is 6.33. The van der Waals surface area contributed by atoms with Gasteiger partial charge in [-0.15, -0.1) is 12.4 Å². The van der Waals surface area contributed by atoms with E-state index in [0.717, 1.165) is 0 Å². The minimum Gasteiger partial charge on any atom is -0.481 e. The van der Waals surface area contributed by atoms with Gasteiger partial charge in [0.1, 0.15) is 0 Å². The number of halogens is 1. The summed E-state index contributed by atoms with van der Waals surface area (Å²) in [4.78, 5) is 19.2. The van der Waals surface area contributed by atoms with Gasteiger partial charge < -0.3 is 20.3 Å². The van der Waals surface area contributed by atoms with Crippen molar-refractivity contribution in [1.29, 1.82) is 0 Å². The molecule has 0 aliphatic carbocycles. The number of rotatable bonds is 5. The second-order valence-corrected chi connectivity index (χ2v) is 3.58. The molecule has 20 heavy (non-hydrogen) atoms. The molecule has 0 saturated heterocycles. The van der Waals surface area contributed by atoms with E-state index in [0.29, 0.717) is 23.2 Å². The zero-order valence-electron chi connectivity index (χ0n) is 10.7. The molecular weight excluding hydrogens is 286 g/mol. The van der Waals surface area contributed by atoms with Gasteiger partial charge in [0.2, 0.25) is 23.5 Å². The summed E-state index contributed by atoms with van der Waals surface area (Å²) in [7, 11) is 1.54. The van der Waals surface area contributed by atoms with Crippen LogP contribution in [-0.4, -0.2) is 34.7 Å². The molecule has 0 fully saturated rings. The second kappa shape index (κ2) is 7.41. The lowest BCUT2D eigenvalue weighted by atomic mass is 10.3. The number of nitrogens with zero attached hydrogens (tertiary/aromatic N) is 3. The highest BCUT2D eigenvalue weighted by Crippen LogP contribution is 2.16. The van der Waals surface area contributed by atoms with Crippen LogP contribution in [0.4, 0.5) is 0 Å². The fourth-order valence-electron chi connectivity index (χ4n) is 1.32. The summed E-state index contributed by atoms with van der Waals surface area (Å²) < 4.78 is 9.95. The van der Waals surface area contributed by atoms with Gasteiger partial charge in [0.15, 0.2) is 0 Å². The molecule has 0 bridgehead atoms. The molecule has 2 heterocycles. The van der Waals surface area contributed by atoms with Gasteiger partial charge in [-0.05, 0) is 6.07 Å². The molecule has 1 amide bonds. The van der Waals surface area contributed by atoms with Gasteiger partial charge >= 0.3 is 0 Å². The molecule has 2 aromatic rings. The van der Waals surface area contributed by atoms with Crippen molar-refractivity contribution in [3.63, 3.8) is 0 Å². The molecule has 8 nitrogen and oxygen atoms in total. The fourth-order valence-corrected chi connectivity index (χ4v) is 1.32. The highest BCUT2D eigenvalue weighted by atomic mass is 35.5. The monoisotopic (exact) mass is 299 g/mol. The molecule has 2 rings (SSSR count). The van der Waals surface area contributed by atoms with Crippen molar-refractivity contribution >= 4 is 18.3 Å². The van der Waals surface area contributed by atoms with Crippen LogP contribution in [0.25, 0.3) is 11.4 Å². The molecule has 0 aromatic carbocycles. The Labute approximate surface area is 121 Å². The van der Waals surface area contributed by atoms with Gasteiger partial charge in [-0.1, -0.05) is 5.16 Å². The predicted molar refractivity (Wildman–Crippen MR) is 72.2 cm³/mol. The van der Waals surface area contributed by atoms with Crippen LogP contribution in [0.2, 0.25) is 0 Å². The van der Waals surface area contributed by atoms with Gasteiger partial charge in [0, 0.05) is 17.8 Å². The van der Waals surface area contributed by atoms with E-state index in [1.165, 1.54) is 7.11 Å². The zero-order valence-corrected chi connectivity index (χ0v) is 11.5. The number of hydrogen-bond donors (Lipinski definition) is 2. The van der Waals surface area contributed by atoms with Crippen LogP contribution in [0.15, 0.2) is 22.9 Å². The first-order chi connectivity index (χ1) is 9.22. The second-order valence-electron chi connectivity index (χ2n) is 3.58. The number of aromatic nitrogens is 3. The zero-order chi connectivity index (χ0) is 13.7. The molecule has 0 saturated carbocycles. The summed E-state index contributed by atoms with van der Waals surface area (Å²) in [5.74, 6) is 0.910. The Kier molecular flexibility index (Phi) is 5.88. The lowest BCUT2D eigenvalue weighted by Gasteiger charge is -1.98. The molecular formula is C11H14ClN5O3. The van der Waals surface area contributed by atoms with Crippen LogP contribution in [0, 0.1) is 0 Å². The van der Waals surface area contributed by atoms with E-state index in [2.05, 4.69) is 20.4 Å². The summed E-state index contributed by atoms with van der Waals surface area (Å²) in [6.07, 6.45) is 1.58. The van der Waals surface area contributed by atoms with Crippen LogP contribution in [0.5, 0.6) is 5.88 Å². The third-order valence-electron chi connectivity index (χ3n) is 2.29. The predicted octanol–water partition coefficient (Wildman–Crippen LogP) is 0.137. The number of nitrogens with two attached hydrogens (primary N) is 1. The summed E-state index contributed by atoms with van der Waals surface area (Å²) in [5.41, 5.74) is 5.86. The van der Waals surface area contributed by atoms with Crippen molar-refractivity contribution in [2.45, 2.75) is 6.54 Å². The van der Waals surface area contributed by atoms with Gasteiger partial charge in [-0.25, -0.2) is 4.98 Å². The molecule has 0 spiro atoms. The Morgan fingerprint density at radius 2 is 2.30 bits per heavy atom. The highest BCUT2D eigenvalue weighted by molar-refractivity contribution is 5.85. The Morgan fingerprint density at radius 3 is 2.90 bits per heavy atom. The normalized spacial score (nSPS) is 9.70. The van der Waals surface area contributed by atoms with Crippen LogP contribution in [0.1, 0.15) is 5.89 Å². The van der Waals surface area contributed by atoms with Gasteiger partial charge in [0.25, 0.3) is 0 Å². The van der Waals surface area contributed by atoms with E-state index in [1.807, 2.05) is 0 Å². The number of carbonyl (C=O) groups is 1. The number of nitrogens with one attached hydrogen (secondary N) is 1. The lowest BCUT2D eigenvalue weighted by Crippen LogP contribution is -2.29. The first-order valence-electron chi connectivity index (χ1n) is 5.52. The fraction of sp³-hybridized carbons (Fsp3) is 0.273. The van der Waals surface area contributed by atoms with E-state index < -0.39 is 0 Å². The molecule has 0 aliphatic heterocycles. The van der Waals surface area contributed by atoms with Crippen molar-refractivity contribution in [2.75, 3.05) is 13.7 Å². The minimum absolute atomic E-state index is 0. The summed E-state index contributed by atoms with van der Waals surface area (Å²) >= 11 is 0. The number of carbonyl (C=O) groups excluding carboxylic acids is 1. The minimum atomic E-state index is -0.286. The molecule has 2 aromatic heterocycles. The van der Waals surface area contributed by atoms with Crippen molar-refractivity contribution in [3.8, 4) is 17.3 Å². The molecule has 0 aliphatic rings. The number of hydrogen-bond acceptors (Lipinski definition) is 7. The van der Waals surface area contributed by atoms with Gasteiger partial charge in [0.05, 0.1) is 20.2 Å². The maximum atomic E-state index is 11.0. The maximum Gasteiger partial charge on any atom is 0.246 e. The Hall–Kier alpha value is -2.19. The Bertz CT molecular complexity index is 557. The number of amides is 1. The highest BCUT2D eigenvalue weighted by Gasteiger charge is 2.09. The van der Waals surface area contributed by atoms with E-state index in [1.54, 1.807) is 18.3 Å². The quantitative estimate of drug-likeness (QED) is 0.806. The molecule has 9 heteroatoms. The topological polar surface area (TPSA) is 116 Å². The SMILES string of the molecule is COc1ccc(-c2noc(CNC(=O)CN)n2)cn1.Cl. The van der Waals surface area contributed by atoms with E-state index in [9.17, 15) is 4.79 Å². The molecule has 0 atom stereocenters. The van der Waals surface area contributed by atoms with Gasteiger partial charge in [-0.3, -0.25) is 4.79 Å². The average molecular weight is 300 g/mol. The van der Waals surface area contributed by atoms with Crippen LogP contribution in [-0.2, 0) is 11.3 Å². The van der Waals surface area contributed by atoms with Crippen molar-refractivity contribution < 1.29 is 14.1 Å². The van der Waals surface area contributed by atoms with E-state index >= 15 is 0 Å². The number of ether oxygens (including phenoxy) is 1. The average Bonchev–Trinajstić information content (AvgIpc) is 2.93.